The lowest BCUT2D eigenvalue weighted by Gasteiger charge is -2.14. The average Bonchev–Trinajstić information content (AvgIpc) is 2.99. The fourth-order valence-corrected chi connectivity index (χ4v) is 3.43. The summed E-state index contributed by atoms with van der Waals surface area (Å²) in [4.78, 5) is 57.1. The van der Waals surface area contributed by atoms with Crippen molar-refractivity contribution in [2.24, 2.45) is 0 Å². The van der Waals surface area contributed by atoms with Crippen LogP contribution in [0.4, 0.5) is 23.0 Å². The van der Waals surface area contributed by atoms with Crippen molar-refractivity contribution in [1.82, 2.24) is 14.9 Å². The van der Waals surface area contributed by atoms with Gasteiger partial charge in [-0.2, -0.15) is 0 Å². The zero-order chi connectivity index (χ0) is 23.7. The Labute approximate surface area is 187 Å². The number of benzene rings is 2. The number of amides is 3. The maximum atomic E-state index is 12.5. The first-order valence-corrected chi connectivity index (χ1v) is 9.85. The summed E-state index contributed by atoms with van der Waals surface area (Å²) in [6.07, 6.45) is 0. The highest BCUT2D eigenvalue weighted by atomic mass is 16.6. The molecule has 0 saturated heterocycles. The number of rotatable bonds is 6. The minimum atomic E-state index is -0.748. The fraction of sp³-hybridized carbons (Fsp3) is 0.136. The molecule has 2 aromatic carbocycles. The van der Waals surface area contributed by atoms with Crippen LogP contribution in [-0.2, 0) is 4.79 Å². The highest BCUT2D eigenvalue weighted by Crippen LogP contribution is 2.27. The van der Waals surface area contributed by atoms with E-state index in [4.69, 9.17) is 0 Å². The van der Waals surface area contributed by atoms with Gasteiger partial charge in [-0.05, 0) is 50.2 Å². The number of fused-ring (bicyclic) bond motifs is 1. The molecule has 0 unspecified atom stereocenters. The van der Waals surface area contributed by atoms with E-state index in [0.29, 0.717) is 17.3 Å². The molecule has 3 aromatic rings. The second-order valence-electron chi connectivity index (χ2n) is 7.41. The highest BCUT2D eigenvalue weighted by Gasteiger charge is 2.37. The molecule has 0 saturated carbocycles. The van der Waals surface area contributed by atoms with E-state index in [0.717, 1.165) is 28.4 Å². The van der Waals surface area contributed by atoms with Crippen LogP contribution in [0.2, 0.25) is 0 Å². The van der Waals surface area contributed by atoms with Gasteiger partial charge >= 0.3 is 0 Å². The Kier molecular flexibility index (Phi) is 5.53. The first kappa shape index (κ1) is 21.6. The fourth-order valence-electron chi connectivity index (χ4n) is 3.43. The minimum Gasteiger partial charge on any atom is -0.325 e. The molecule has 11 nitrogen and oxygen atoms in total. The molecule has 0 aliphatic carbocycles. The zero-order valence-corrected chi connectivity index (χ0v) is 17.7. The molecule has 0 spiro atoms. The van der Waals surface area contributed by atoms with Crippen molar-refractivity contribution in [1.29, 1.82) is 0 Å². The number of imide groups is 1. The number of nitro benzene ring substituents is 1. The number of nitrogens with one attached hydrogen (secondary N) is 2. The maximum Gasteiger partial charge on any atom is 0.270 e. The molecule has 2 heterocycles. The topological polar surface area (TPSA) is 147 Å². The number of aromatic nitrogens is 2. The predicted molar refractivity (Wildman–Crippen MR) is 118 cm³/mol. The first-order chi connectivity index (χ1) is 15.7. The monoisotopic (exact) mass is 446 g/mol. The SMILES string of the molecule is Cc1cc(C)nc(Nc2ccc(NC(=O)CN3C(=O)c4ccc([N+](=O)[O-])cc4C3=O)cc2)n1. The van der Waals surface area contributed by atoms with Gasteiger partial charge in [0.2, 0.25) is 11.9 Å². The molecule has 33 heavy (non-hydrogen) atoms. The third kappa shape index (κ3) is 4.51. The molecule has 0 bridgehead atoms. The maximum absolute atomic E-state index is 12.5. The molecule has 11 heteroatoms. The molecular formula is C22H18N6O5. The summed E-state index contributed by atoms with van der Waals surface area (Å²) < 4.78 is 0. The van der Waals surface area contributed by atoms with Gasteiger partial charge in [0.1, 0.15) is 6.54 Å². The lowest BCUT2D eigenvalue weighted by molar-refractivity contribution is -0.384. The number of nitro groups is 1. The summed E-state index contributed by atoms with van der Waals surface area (Å²) in [7, 11) is 0. The number of hydrogen-bond donors (Lipinski definition) is 2. The Morgan fingerprint density at radius 1 is 0.939 bits per heavy atom. The van der Waals surface area contributed by atoms with Gasteiger partial charge in [-0.3, -0.25) is 29.4 Å². The van der Waals surface area contributed by atoms with Crippen molar-refractivity contribution in [2.75, 3.05) is 17.2 Å². The Bertz CT molecular complexity index is 1280. The van der Waals surface area contributed by atoms with Crippen LogP contribution in [0.3, 0.4) is 0 Å². The first-order valence-electron chi connectivity index (χ1n) is 9.85. The van der Waals surface area contributed by atoms with Crippen molar-refractivity contribution >= 4 is 40.7 Å². The van der Waals surface area contributed by atoms with Crippen LogP contribution >= 0.6 is 0 Å². The van der Waals surface area contributed by atoms with Gasteiger partial charge in [-0.15, -0.1) is 0 Å². The third-order valence-corrected chi connectivity index (χ3v) is 4.87. The molecule has 166 valence electrons. The van der Waals surface area contributed by atoms with E-state index in [1.807, 2.05) is 19.9 Å². The van der Waals surface area contributed by atoms with Crippen molar-refractivity contribution in [3.8, 4) is 0 Å². The van der Waals surface area contributed by atoms with E-state index in [2.05, 4.69) is 20.6 Å². The van der Waals surface area contributed by atoms with Crippen molar-refractivity contribution < 1.29 is 19.3 Å². The van der Waals surface area contributed by atoms with Gasteiger partial charge in [0, 0.05) is 34.9 Å². The normalized spacial score (nSPS) is 12.5. The number of anilines is 3. The van der Waals surface area contributed by atoms with Gasteiger partial charge in [-0.25, -0.2) is 9.97 Å². The largest absolute Gasteiger partial charge is 0.325 e. The van der Waals surface area contributed by atoms with Crippen LogP contribution in [0, 0.1) is 24.0 Å². The Hall–Kier alpha value is -4.67. The average molecular weight is 446 g/mol. The third-order valence-electron chi connectivity index (χ3n) is 4.87. The second-order valence-corrected chi connectivity index (χ2v) is 7.41. The standard InChI is InChI=1S/C22H18N6O5/c1-12-9-13(2)24-22(23-12)26-15-5-3-14(4-6-15)25-19(29)11-27-20(30)17-8-7-16(28(32)33)10-18(17)21(27)31/h3-10H,11H2,1-2H3,(H,25,29)(H,23,24,26). The molecule has 1 aromatic heterocycles. The number of nitrogens with zero attached hydrogens (tertiary/aromatic N) is 4. The van der Waals surface area contributed by atoms with Crippen molar-refractivity contribution in [3.05, 3.63) is 81.2 Å². The van der Waals surface area contributed by atoms with Crippen LogP contribution in [0.1, 0.15) is 32.1 Å². The summed E-state index contributed by atoms with van der Waals surface area (Å²) in [5.41, 5.74) is 2.46. The minimum absolute atomic E-state index is 0.0300. The summed E-state index contributed by atoms with van der Waals surface area (Å²) in [6, 6.07) is 12.0. The predicted octanol–water partition coefficient (Wildman–Crippen LogP) is 2.98. The smallest absolute Gasteiger partial charge is 0.270 e. The van der Waals surface area contributed by atoms with E-state index in [9.17, 15) is 24.5 Å². The summed E-state index contributed by atoms with van der Waals surface area (Å²) >= 11 is 0. The van der Waals surface area contributed by atoms with Crippen LogP contribution in [0.5, 0.6) is 0 Å². The molecule has 0 atom stereocenters. The number of carbonyl (C=O) groups is 3. The number of hydrogen-bond acceptors (Lipinski definition) is 8. The Balaban J connectivity index is 1.40. The lowest BCUT2D eigenvalue weighted by atomic mass is 10.1. The van der Waals surface area contributed by atoms with Crippen LogP contribution in [0.25, 0.3) is 0 Å². The molecule has 1 aliphatic heterocycles. The van der Waals surface area contributed by atoms with E-state index in [1.54, 1.807) is 24.3 Å². The molecule has 2 N–H and O–H groups in total. The van der Waals surface area contributed by atoms with Gasteiger partial charge in [-0.1, -0.05) is 0 Å². The number of carbonyl (C=O) groups excluding carboxylic acids is 3. The van der Waals surface area contributed by atoms with Gasteiger partial charge in [0.05, 0.1) is 16.1 Å². The zero-order valence-electron chi connectivity index (χ0n) is 17.7. The van der Waals surface area contributed by atoms with E-state index in [-0.39, 0.29) is 16.8 Å². The van der Waals surface area contributed by atoms with Crippen molar-refractivity contribution in [3.63, 3.8) is 0 Å². The number of aryl methyl sites for hydroxylation is 2. The summed E-state index contributed by atoms with van der Waals surface area (Å²) in [5, 5.41) is 16.6. The van der Waals surface area contributed by atoms with Gasteiger partial charge in [0.15, 0.2) is 0 Å². The van der Waals surface area contributed by atoms with Crippen LogP contribution < -0.4 is 10.6 Å². The van der Waals surface area contributed by atoms with Crippen LogP contribution in [-0.4, -0.2) is 44.1 Å². The quantitative estimate of drug-likeness (QED) is 0.334. The van der Waals surface area contributed by atoms with Crippen molar-refractivity contribution in [2.45, 2.75) is 13.8 Å². The molecule has 3 amide bonds. The van der Waals surface area contributed by atoms with E-state index < -0.39 is 29.2 Å². The molecule has 0 radical (unpaired) electrons. The van der Waals surface area contributed by atoms with E-state index >= 15 is 0 Å². The molecule has 1 aliphatic rings. The van der Waals surface area contributed by atoms with E-state index in [1.165, 1.54) is 6.07 Å². The second kappa shape index (κ2) is 8.46. The van der Waals surface area contributed by atoms with Gasteiger partial charge in [0.25, 0.3) is 17.5 Å². The summed E-state index contributed by atoms with van der Waals surface area (Å²) in [5.74, 6) is -1.55. The highest BCUT2D eigenvalue weighted by molar-refractivity contribution is 6.23. The Morgan fingerprint density at radius 3 is 2.18 bits per heavy atom. The molecule has 4 rings (SSSR count). The Morgan fingerprint density at radius 2 is 1.55 bits per heavy atom. The molecular weight excluding hydrogens is 428 g/mol. The van der Waals surface area contributed by atoms with Crippen LogP contribution in [0.15, 0.2) is 48.5 Å². The number of non-ortho nitro benzene ring substituents is 1. The lowest BCUT2D eigenvalue weighted by Crippen LogP contribution is -2.37. The summed E-state index contributed by atoms with van der Waals surface area (Å²) in [6.45, 7) is 3.22. The van der Waals surface area contributed by atoms with Gasteiger partial charge < -0.3 is 10.6 Å². The molecule has 0 fully saturated rings.